The first-order valence-corrected chi connectivity index (χ1v) is 8.94. The highest BCUT2D eigenvalue weighted by molar-refractivity contribution is 7.25. The number of halogens is 1. The summed E-state index contributed by atoms with van der Waals surface area (Å²) in [6.07, 6.45) is 0. The van der Waals surface area contributed by atoms with Crippen molar-refractivity contribution in [1.82, 2.24) is 0 Å². The molecular weight excluding hydrogens is 327 g/mol. The van der Waals surface area contributed by atoms with Gasteiger partial charge in [0.15, 0.2) is 0 Å². The number of benzene rings is 2. The Morgan fingerprint density at radius 1 is 0.870 bits per heavy atom. The van der Waals surface area contributed by atoms with E-state index in [0.29, 0.717) is 0 Å². The fraction of sp³-hybridized carbons (Fsp3) is 0.333. The van der Waals surface area contributed by atoms with Gasteiger partial charge in [-0.15, -0.1) is 11.3 Å². The lowest BCUT2D eigenvalue weighted by Gasteiger charge is -2.32. The van der Waals surface area contributed by atoms with Crippen LogP contribution in [0.25, 0.3) is 20.2 Å². The van der Waals surface area contributed by atoms with E-state index in [4.69, 9.17) is 20.9 Å². The van der Waals surface area contributed by atoms with Gasteiger partial charge in [0, 0.05) is 25.2 Å². The third-order valence-corrected chi connectivity index (χ3v) is 6.37. The lowest BCUT2D eigenvalue weighted by atomic mass is 9.78. The standard InChI is InChI=1S/C18H18BClO2S/c1-17(2)18(3,4)22-19(21-17)11-5-7-15-13(9-11)14-10-12(20)6-8-16(14)23-15/h5-10H,1-4H3. The van der Waals surface area contributed by atoms with Gasteiger partial charge in [-0.25, -0.2) is 0 Å². The molecule has 2 heterocycles. The van der Waals surface area contributed by atoms with Crippen molar-refractivity contribution in [2.24, 2.45) is 0 Å². The Bertz CT molecular complexity index is 900. The van der Waals surface area contributed by atoms with Crippen LogP contribution in [0.3, 0.4) is 0 Å². The normalized spacial score (nSPS) is 19.8. The van der Waals surface area contributed by atoms with Crippen molar-refractivity contribution in [3.63, 3.8) is 0 Å². The molecule has 4 rings (SSSR count). The second-order valence-electron chi connectivity index (χ2n) is 7.09. The van der Waals surface area contributed by atoms with Crippen molar-refractivity contribution in [3.8, 4) is 0 Å². The summed E-state index contributed by atoms with van der Waals surface area (Å²) >= 11 is 7.95. The molecule has 5 heteroatoms. The Kier molecular flexibility index (Phi) is 3.34. The summed E-state index contributed by atoms with van der Waals surface area (Å²) < 4.78 is 14.8. The van der Waals surface area contributed by atoms with Gasteiger partial charge in [0.1, 0.15) is 0 Å². The Morgan fingerprint density at radius 2 is 1.43 bits per heavy atom. The Hall–Kier alpha value is -1.07. The summed E-state index contributed by atoms with van der Waals surface area (Å²) in [5, 5.41) is 3.16. The summed E-state index contributed by atoms with van der Waals surface area (Å²) in [7, 11) is -0.335. The Labute approximate surface area is 145 Å². The van der Waals surface area contributed by atoms with E-state index >= 15 is 0 Å². The minimum atomic E-state index is -0.335. The predicted molar refractivity (Wildman–Crippen MR) is 100 cm³/mol. The fourth-order valence-electron chi connectivity index (χ4n) is 2.89. The third kappa shape index (κ3) is 2.40. The number of fused-ring (bicyclic) bond motifs is 3. The van der Waals surface area contributed by atoms with Gasteiger partial charge in [0.05, 0.1) is 11.2 Å². The van der Waals surface area contributed by atoms with Gasteiger partial charge in [-0.2, -0.15) is 0 Å². The zero-order chi connectivity index (χ0) is 16.4. The molecule has 118 valence electrons. The summed E-state index contributed by atoms with van der Waals surface area (Å²) in [5.74, 6) is 0. The minimum absolute atomic E-state index is 0.327. The molecule has 2 aromatic carbocycles. The lowest BCUT2D eigenvalue weighted by molar-refractivity contribution is 0.00578. The molecule has 1 fully saturated rings. The molecule has 1 saturated heterocycles. The Morgan fingerprint density at radius 3 is 2.09 bits per heavy atom. The molecule has 2 nitrogen and oxygen atoms in total. The average molecular weight is 345 g/mol. The smallest absolute Gasteiger partial charge is 0.399 e. The van der Waals surface area contributed by atoms with Gasteiger partial charge in [-0.3, -0.25) is 0 Å². The molecule has 23 heavy (non-hydrogen) atoms. The minimum Gasteiger partial charge on any atom is -0.399 e. The second kappa shape index (κ2) is 4.96. The van der Waals surface area contributed by atoms with Crippen LogP contribution in [0.4, 0.5) is 0 Å². The van der Waals surface area contributed by atoms with Crippen LogP contribution in [-0.4, -0.2) is 18.3 Å². The van der Waals surface area contributed by atoms with Gasteiger partial charge in [-0.1, -0.05) is 23.7 Å². The second-order valence-corrected chi connectivity index (χ2v) is 8.61. The molecule has 0 unspecified atom stereocenters. The van der Waals surface area contributed by atoms with Gasteiger partial charge in [-0.05, 0) is 57.4 Å². The van der Waals surface area contributed by atoms with Crippen LogP contribution in [0.2, 0.25) is 5.02 Å². The van der Waals surface area contributed by atoms with E-state index in [0.717, 1.165) is 10.5 Å². The van der Waals surface area contributed by atoms with Crippen molar-refractivity contribution >= 4 is 55.7 Å². The van der Waals surface area contributed by atoms with Crippen LogP contribution in [-0.2, 0) is 9.31 Å². The number of hydrogen-bond donors (Lipinski definition) is 0. The molecule has 0 bridgehead atoms. The van der Waals surface area contributed by atoms with E-state index in [9.17, 15) is 0 Å². The molecule has 1 aliphatic rings. The van der Waals surface area contributed by atoms with Crippen LogP contribution in [0, 0.1) is 0 Å². The molecule has 3 aromatic rings. The molecule has 0 aliphatic carbocycles. The van der Waals surface area contributed by atoms with Crippen LogP contribution < -0.4 is 5.46 Å². The van der Waals surface area contributed by atoms with E-state index in [-0.39, 0.29) is 18.3 Å². The van der Waals surface area contributed by atoms with E-state index in [1.54, 1.807) is 11.3 Å². The van der Waals surface area contributed by atoms with Gasteiger partial charge in [0.2, 0.25) is 0 Å². The number of thiophene rings is 1. The van der Waals surface area contributed by atoms with E-state index in [1.165, 1.54) is 20.2 Å². The summed E-state index contributed by atoms with van der Waals surface area (Å²) in [5.41, 5.74) is 0.398. The van der Waals surface area contributed by atoms with Crippen LogP contribution in [0.5, 0.6) is 0 Å². The molecule has 0 atom stereocenters. The quantitative estimate of drug-likeness (QED) is 0.578. The zero-order valence-corrected chi connectivity index (χ0v) is 15.2. The molecule has 0 radical (unpaired) electrons. The zero-order valence-electron chi connectivity index (χ0n) is 13.6. The molecule has 0 spiro atoms. The van der Waals surface area contributed by atoms with Crippen molar-refractivity contribution < 1.29 is 9.31 Å². The topological polar surface area (TPSA) is 18.5 Å². The average Bonchev–Trinajstić information content (AvgIpc) is 2.93. The highest BCUT2D eigenvalue weighted by atomic mass is 35.5. The highest BCUT2D eigenvalue weighted by Gasteiger charge is 2.51. The van der Waals surface area contributed by atoms with Gasteiger partial charge >= 0.3 is 7.12 Å². The Balaban J connectivity index is 1.83. The predicted octanol–water partition coefficient (Wildman–Crippen LogP) is 5.01. The first kappa shape index (κ1) is 15.5. The summed E-state index contributed by atoms with van der Waals surface area (Å²) in [6, 6.07) is 12.5. The number of hydrogen-bond acceptors (Lipinski definition) is 3. The van der Waals surface area contributed by atoms with E-state index in [1.807, 2.05) is 12.1 Å². The maximum atomic E-state index is 6.17. The fourth-order valence-corrected chi connectivity index (χ4v) is 4.13. The van der Waals surface area contributed by atoms with Crippen molar-refractivity contribution in [2.45, 2.75) is 38.9 Å². The van der Waals surface area contributed by atoms with E-state index in [2.05, 4.69) is 52.0 Å². The van der Waals surface area contributed by atoms with Crippen LogP contribution in [0.1, 0.15) is 27.7 Å². The molecule has 0 N–H and O–H groups in total. The van der Waals surface area contributed by atoms with Gasteiger partial charge < -0.3 is 9.31 Å². The van der Waals surface area contributed by atoms with Crippen LogP contribution in [0.15, 0.2) is 36.4 Å². The molecule has 1 aromatic heterocycles. The maximum Gasteiger partial charge on any atom is 0.494 e. The molecule has 0 saturated carbocycles. The first-order valence-electron chi connectivity index (χ1n) is 7.74. The lowest BCUT2D eigenvalue weighted by Crippen LogP contribution is -2.41. The van der Waals surface area contributed by atoms with Gasteiger partial charge in [0.25, 0.3) is 0 Å². The molecule has 1 aliphatic heterocycles. The molecular formula is C18H18BClO2S. The number of rotatable bonds is 1. The summed E-state index contributed by atoms with van der Waals surface area (Å²) in [4.78, 5) is 0. The first-order chi connectivity index (χ1) is 10.8. The third-order valence-electron chi connectivity index (χ3n) is 4.98. The monoisotopic (exact) mass is 344 g/mol. The maximum absolute atomic E-state index is 6.17. The van der Waals surface area contributed by atoms with Crippen molar-refractivity contribution in [2.75, 3.05) is 0 Å². The SMILES string of the molecule is CC1(C)OB(c2ccc3sc4ccc(Cl)cc4c3c2)OC1(C)C. The largest absolute Gasteiger partial charge is 0.494 e. The van der Waals surface area contributed by atoms with Crippen molar-refractivity contribution in [3.05, 3.63) is 41.4 Å². The van der Waals surface area contributed by atoms with Crippen molar-refractivity contribution in [1.29, 1.82) is 0 Å². The summed E-state index contributed by atoms with van der Waals surface area (Å²) in [6.45, 7) is 8.30. The molecule has 0 amide bonds. The highest BCUT2D eigenvalue weighted by Crippen LogP contribution is 2.38. The van der Waals surface area contributed by atoms with E-state index < -0.39 is 0 Å². The van der Waals surface area contributed by atoms with Crippen LogP contribution >= 0.6 is 22.9 Å².